The van der Waals surface area contributed by atoms with Gasteiger partial charge in [0, 0.05) is 13.0 Å². The number of rotatable bonds is 7. The Morgan fingerprint density at radius 3 is 2.80 bits per heavy atom. The predicted octanol–water partition coefficient (Wildman–Crippen LogP) is 3.64. The van der Waals surface area contributed by atoms with E-state index in [0.29, 0.717) is 24.3 Å². The number of hydrogen-bond donors (Lipinski definition) is 0. The number of nitrogens with zero attached hydrogens (tertiary/aromatic N) is 1. The molecule has 1 aliphatic rings. The lowest BCUT2D eigenvalue weighted by atomic mass is 9.83. The van der Waals surface area contributed by atoms with Crippen LogP contribution in [0, 0.1) is 11.3 Å². The molecule has 25 heavy (non-hydrogen) atoms. The summed E-state index contributed by atoms with van der Waals surface area (Å²) in [6.07, 6.45) is 7.21. The summed E-state index contributed by atoms with van der Waals surface area (Å²) in [5.41, 5.74) is 1.55. The number of esters is 1. The van der Waals surface area contributed by atoms with Gasteiger partial charge in [-0.15, -0.1) is 0 Å². The SMILES string of the molecule is CCCOC1(CC(=O)OC)C=CC=C(c2ccc(OC)cc2C#N)C1. The molecule has 132 valence electrons. The van der Waals surface area contributed by atoms with Gasteiger partial charge in [-0.2, -0.15) is 5.26 Å². The number of benzene rings is 1. The maximum absolute atomic E-state index is 11.9. The lowest BCUT2D eigenvalue weighted by Gasteiger charge is -2.33. The molecule has 0 saturated carbocycles. The first-order chi connectivity index (χ1) is 12.1. The summed E-state index contributed by atoms with van der Waals surface area (Å²) >= 11 is 0. The van der Waals surface area contributed by atoms with Crippen molar-refractivity contribution in [3.8, 4) is 11.8 Å². The number of methoxy groups -OCH3 is 2. The molecule has 0 heterocycles. The van der Waals surface area contributed by atoms with E-state index in [1.54, 1.807) is 13.2 Å². The van der Waals surface area contributed by atoms with Crippen LogP contribution in [-0.4, -0.2) is 32.4 Å². The zero-order chi connectivity index (χ0) is 18.3. The highest BCUT2D eigenvalue weighted by atomic mass is 16.5. The van der Waals surface area contributed by atoms with Crippen molar-refractivity contribution in [2.45, 2.75) is 31.8 Å². The fourth-order valence-electron chi connectivity index (χ4n) is 2.88. The van der Waals surface area contributed by atoms with Crippen molar-refractivity contribution >= 4 is 11.5 Å². The second kappa shape index (κ2) is 8.50. The third-order valence-corrected chi connectivity index (χ3v) is 4.15. The zero-order valence-electron chi connectivity index (χ0n) is 14.9. The summed E-state index contributed by atoms with van der Waals surface area (Å²) in [7, 11) is 2.94. The van der Waals surface area contributed by atoms with E-state index < -0.39 is 5.60 Å². The maximum atomic E-state index is 11.9. The standard InChI is InChI=1S/C20H23NO4/c1-4-10-25-20(13-19(22)24-3)9-5-6-15(12-20)18-8-7-17(23-2)11-16(18)14-21/h5-9,11H,4,10,12-13H2,1-3H3. The Morgan fingerprint density at radius 2 is 2.16 bits per heavy atom. The Hall–Kier alpha value is -2.58. The minimum atomic E-state index is -0.750. The maximum Gasteiger partial charge on any atom is 0.308 e. The van der Waals surface area contributed by atoms with Gasteiger partial charge < -0.3 is 14.2 Å². The molecule has 1 aromatic rings. The van der Waals surface area contributed by atoms with E-state index >= 15 is 0 Å². The van der Waals surface area contributed by atoms with Crippen molar-refractivity contribution in [2.75, 3.05) is 20.8 Å². The fourth-order valence-corrected chi connectivity index (χ4v) is 2.88. The van der Waals surface area contributed by atoms with Crippen LogP contribution < -0.4 is 4.74 Å². The minimum absolute atomic E-state index is 0.134. The third kappa shape index (κ3) is 4.49. The summed E-state index contributed by atoms with van der Waals surface area (Å²) in [6, 6.07) is 7.61. The molecule has 1 aliphatic carbocycles. The monoisotopic (exact) mass is 341 g/mol. The fraction of sp³-hybridized carbons (Fsp3) is 0.400. The van der Waals surface area contributed by atoms with Crippen molar-refractivity contribution in [2.24, 2.45) is 0 Å². The van der Waals surface area contributed by atoms with E-state index in [1.807, 2.05) is 37.3 Å². The van der Waals surface area contributed by atoms with Gasteiger partial charge in [0.15, 0.2) is 0 Å². The van der Waals surface area contributed by atoms with Crippen molar-refractivity contribution in [1.82, 2.24) is 0 Å². The Bertz CT molecular complexity index is 730. The van der Waals surface area contributed by atoms with Crippen LogP contribution in [0.1, 0.15) is 37.3 Å². The zero-order valence-corrected chi connectivity index (χ0v) is 14.9. The van der Waals surface area contributed by atoms with Crippen molar-refractivity contribution in [1.29, 1.82) is 5.26 Å². The van der Waals surface area contributed by atoms with E-state index in [4.69, 9.17) is 14.2 Å². The third-order valence-electron chi connectivity index (χ3n) is 4.15. The number of nitriles is 1. The van der Waals surface area contributed by atoms with Crippen LogP contribution in [0.3, 0.4) is 0 Å². The molecule has 5 heteroatoms. The smallest absolute Gasteiger partial charge is 0.308 e. The van der Waals surface area contributed by atoms with Crippen LogP contribution in [0.5, 0.6) is 5.75 Å². The van der Waals surface area contributed by atoms with E-state index in [0.717, 1.165) is 17.6 Å². The van der Waals surface area contributed by atoms with Crippen molar-refractivity contribution in [3.63, 3.8) is 0 Å². The van der Waals surface area contributed by atoms with Gasteiger partial charge in [-0.1, -0.05) is 25.2 Å². The molecule has 0 fully saturated rings. The number of carbonyl (C=O) groups excluding carboxylic acids is 1. The van der Waals surface area contributed by atoms with Gasteiger partial charge in [0.1, 0.15) is 11.4 Å². The van der Waals surface area contributed by atoms with Gasteiger partial charge in [-0.25, -0.2) is 0 Å². The molecule has 0 aliphatic heterocycles. The molecule has 2 rings (SSSR count). The largest absolute Gasteiger partial charge is 0.497 e. The van der Waals surface area contributed by atoms with Crippen LogP contribution in [0.2, 0.25) is 0 Å². The summed E-state index contributed by atoms with van der Waals surface area (Å²) in [6.45, 7) is 2.56. The van der Waals surface area contributed by atoms with Gasteiger partial charge >= 0.3 is 5.97 Å². The van der Waals surface area contributed by atoms with Crippen LogP contribution >= 0.6 is 0 Å². The molecular formula is C20H23NO4. The van der Waals surface area contributed by atoms with Gasteiger partial charge in [-0.3, -0.25) is 4.79 Å². The molecule has 5 nitrogen and oxygen atoms in total. The Labute approximate surface area is 148 Å². The molecule has 0 saturated heterocycles. The average Bonchev–Trinajstić information content (AvgIpc) is 2.65. The van der Waals surface area contributed by atoms with Gasteiger partial charge in [0.2, 0.25) is 0 Å². The summed E-state index contributed by atoms with van der Waals surface area (Å²) < 4.78 is 16.0. The number of allylic oxidation sites excluding steroid dienone is 2. The molecule has 0 spiro atoms. The van der Waals surface area contributed by atoms with Crippen LogP contribution in [-0.2, 0) is 14.3 Å². The average molecular weight is 341 g/mol. The minimum Gasteiger partial charge on any atom is -0.497 e. The van der Waals surface area contributed by atoms with Crippen LogP contribution in [0.15, 0.2) is 36.4 Å². The first kappa shape index (κ1) is 18.8. The first-order valence-electron chi connectivity index (χ1n) is 8.25. The molecule has 0 amide bonds. The molecular weight excluding hydrogens is 318 g/mol. The Balaban J connectivity index is 2.35. The molecule has 0 aromatic heterocycles. The first-order valence-corrected chi connectivity index (χ1v) is 8.25. The van der Waals surface area contributed by atoms with Crippen LogP contribution in [0.4, 0.5) is 0 Å². The topological polar surface area (TPSA) is 68.6 Å². The summed E-state index contributed by atoms with van der Waals surface area (Å²) in [4.78, 5) is 11.9. The van der Waals surface area contributed by atoms with Gasteiger partial charge in [0.25, 0.3) is 0 Å². The highest BCUT2D eigenvalue weighted by Gasteiger charge is 2.35. The van der Waals surface area contributed by atoms with Crippen molar-refractivity contribution < 1.29 is 19.0 Å². The van der Waals surface area contributed by atoms with Crippen LogP contribution in [0.25, 0.3) is 5.57 Å². The summed E-state index contributed by atoms with van der Waals surface area (Å²) in [5.74, 6) is 0.313. The molecule has 1 unspecified atom stereocenters. The lowest BCUT2D eigenvalue weighted by Crippen LogP contribution is -2.35. The number of carbonyl (C=O) groups is 1. The normalized spacial score (nSPS) is 19.0. The predicted molar refractivity (Wildman–Crippen MR) is 95.1 cm³/mol. The second-order valence-electron chi connectivity index (χ2n) is 5.92. The second-order valence-corrected chi connectivity index (χ2v) is 5.92. The molecule has 1 aromatic carbocycles. The van der Waals surface area contributed by atoms with E-state index in [2.05, 4.69) is 6.07 Å². The number of hydrogen-bond acceptors (Lipinski definition) is 5. The molecule has 0 radical (unpaired) electrons. The van der Waals surface area contributed by atoms with Crippen molar-refractivity contribution in [3.05, 3.63) is 47.6 Å². The number of ether oxygens (including phenoxy) is 3. The highest BCUT2D eigenvalue weighted by Crippen LogP contribution is 2.37. The molecule has 0 N–H and O–H groups in total. The Kier molecular flexibility index (Phi) is 6.37. The summed E-state index contributed by atoms with van der Waals surface area (Å²) in [5, 5.41) is 9.47. The highest BCUT2D eigenvalue weighted by molar-refractivity contribution is 5.77. The van der Waals surface area contributed by atoms with Gasteiger partial charge in [-0.05, 0) is 35.8 Å². The van der Waals surface area contributed by atoms with E-state index in [-0.39, 0.29) is 12.4 Å². The lowest BCUT2D eigenvalue weighted by molar-refractivity contribution is -0.146. The Morgan fingerprint density at radius 1 is 1.36 bits per heavy atom. The van der Waals surface area contributed by atoms with Gasteiger partial charge in [0.05, 0.1) is 32.3 Å². The quantitative estimate of drug-likeness (QED) is 0.708. The molecule has 0 bridgehead atoms. The van der Waals surface area contributed by atoms with E-state index in [9.17, 15) is 10.1 Å². The van der Waals surface area contributed by atoms with E-state index in [1.165, 1.54) is 7.11 Å². The molecule has 1 atom stereocenters.